The molecule has 0 spiro atoms. The van der Waals surface area contributed by atoms with Gasteiger partial charge in [-0.2, -0.15) is 0 Å². The Morgan fingerprint density at radius 3 is 2.44 bits per heavy atom. The monoisotopic (exact) mass is 231 g/mol. The molecule has 0 aromatic heterocycles. The van der Waals surface area contributed by atoms with E-state index in [1.807, 2.05) is 0 Å². The average molecular weight is 231 g/mol. The number of carbonyl (C=O) groups excluding carboxylic acids is 1. The zero-order valence-electron chi connectivity index (χ0n) is 9.08. The fourth-order valence-corrected chi connectivity index (χ4v) is 1.14. The van der Waals surface area contributed by atoms with Gasteiger partial charge in [-0.15, -0.1) is 0 Å². The van der Waals surface area contributed by atoms with Crippen LogP contribution < -0.4 is 4.74 Å². The van der Waals surface area contributed by atoms with Gasteiger partial charge in [0.15, 0.2) is 11.6 Å². The Morgan fingerprint density at radius 1 is 1.31 bits per heavy atom. The van der Waals surface area contributed by atoms with Crippen molar-refractivity contribution in [2.24, 2.45) is 0 Å². The van der Waals surface area contributed by atoms with Gasteiger partial charge in [-0.25, -0.2) is 13.8 Å². The molecule has 0 heterocycles. The molecule has 0 aliphatic rings. The summed E-state index contributed by atoms with van der Waals surface area (Å²) in [6.07, 6.45) is 0. The summed E-state index contributed by atoms with van der Waals surface area (Å²) in [6, 6.07) is 2.06. The van der Waals surface area contributed by atoms with Gasteiger partial charge in [0.25, 0.3) is 5.91 Å². The molecule has 0 fully saturated rings. The third-order valence-electron chi connectivity index (χ3n) is 2.05. The van der Waals surface area contributed by atoms with Gasteiger partial charge in [-0.3, -0.25) is 9.63 Å². The predicted molar refractivity (Wildman–Crippen MR) is 52.0 cm³/mol. The molecule has 1 aromatic carbocycles. The SMILES string of the molecule is COc1ccc(F)c(F)c1C(=O)N(C)OC. The lowest BCUT2D eigenvalue weighted by molar-refractivity contribution is -0.0761. The Labute approximate surface area is 91.3 Å². The zero-order valence-corrected chi connectivity index (χ0v) is 9.08. The van der Waals surface area contributed by atoms with Gasteiger partial charge in [-0.05, 0) is 12.1 Å². The number of nitrogens with zero attached hydrogens (tertiary/aromatic N) is 1. The molecule has 4 nitrogen and oxygen atoms in total. The molecule has 0 bridgehead atoms. The van der Waals surface area contributed by atoms with Crippen molar-refractivity contribution in [3.05, 3.63) is 29.3 Å². The smallest absolute Gasteiger partial charge is 0.284 e. The topological polar surface area (TPSA) is 38.8 Å². The first-order valence-corrected chi connectivity index (χ1v) is 4.37. The van der Waals surface area contributed by atoms with E-state index >= 15 is 0 Å². The van der Waals surface area contributed by atoms with Crippen molar-refractivity contribution < 1.29 is 23.1 Å². The lowest BCUT2D eigenvalue weighted by Gasteiger charge is -2.16. The fraction of sp³-hybridized carbons (Fsp3) is 0.300. The minimum absolute atomic E-state index is 0.0483. The molecule has 0 N–H and O–H groups in total. The van der Waals surface area contributed by atoms with Crippen molar-refractivity contribution in [1.82, 2.24) is 5.06 Å². The summed E-state index contributed by atoms with van der Waals surface area (Å²) in [6.45, 7) is 0. The number of amides is 1. The molecule has 0 saturated heterocycles. The molecular weight excluding hydrogens is 220 g/mol. The Bertz CT molecular complexity index is 409. The molecule has 0 aliphatic carbocycles. The third kappa shape index (κ3) is 2.11. The van der Waals surface area contributed by atoms with Gasteiger partial charge in [-0.1, -0.05) is 0 Å². The number of hydrogen-bond donors (Lipinski definition) is 0. The van der Waals surface area contributed by atoms with E-state index in [4.69, 9.17) is 4.74 Å². The van der Waals surface area contributed by atoms with Gasteiger partial charge >= 0.3 is 0 Å². The lowest BCUT2D eigenvalue weighted by atomic mass is 10.1. The maximum Gasteiger partial charge on any atom is 0.284 e. The zero-order chi connectivity index (χ0) is 12.3. The molecule has 0 unspecified atom stereocenters. The minimum Gasteiger partial charge on any atom is -0.496 e. The average Bonchev–Trinajstić information content (AvgIpc) is 2.30. The second kappa shape index (κ2) is 4.89. The highest BCUT2D eigenvalue weighted by molar-refractivity contribution is 5.96. The van der Waals surface area contributed by atoms with Gasteiger partial charge in [0.1, 0.15) is 11.3 Å². The van der Waals surface area contributed by atoms with Crippen molar-refractivity contribution in [2.75, 3.05) is 21.3 Å². The number of halogens is 2. The summed E-state index contributed by atoms with van der Waals surface area (Å²) in [5.41, 5.74) is -0.494. The largest absolute Gasteiger partial charge is 0.496 e. The highest BCUT2D eigenvalue weighted by Gasteiger charge is 2.24. The van der Waals surface area contributed by atoms with E-state index in [2.05, 4.69) is 4.84 Å². The van der Waals surface area contributed by atoms with Gasteiger partial charge < -0.3 is 4.74 Å². The van der Waals surface area contributed by atoms with Crippen molar-refractivity contribution >= 4 is 5.91 Å². The van der Waals surface area contributed by atoms with E-state index in [1.165, 1.54) is 27.3 Å². The Kier molecular flexibility index (Phi) is 3.78. The molecule has 0 atom stereocenters. The summed E-state index contributed by atoms with van der Waals surface area (Å²) in [5, 5.41) is 0.778. The first-order valence-electron chi connectivity index (χ1n) is 4.37. The number of benzene rings is 1. The quantitative estimate of drug-likeness (QED) is 0.742. The van der Waals surface area contributed by atoms with Crippen molar-refractivity contribution in [3.63, 3.8) is 0 Å². The number of methoxy groups -OCH3 is 1. The Balaban J connectivity index is 3.29. The highest BCUT2D eigenvalue weighted by atomic mass is 19.2. The number of ether oxygens (including phenoxy) is 1. The maximum absolute atomic E-state index is 13.4. The van der Waals surface area contributed by atoms with Gasteiger partial charge in [0.05, 0.1) is 14.2 Å². The van der Waals surface area contributed by atoms with E-state index < -0.39 is 23.1 Å². The van der Waals surface area contributed by atoms with Crippen molar-refractivity contribution in [2.45, 2.75) is 0 Å². The summed E-state index contributed by atoms with van der Waals surface area (Å²) in [5.74, 6) is -3.24. The third-order valence-corrected chi connectivity index (χ3v) is 2.05. The standard InChI is InChI=1S/C10H11F2NO3/c1-13(16-3)10(14)8-7(15-2)5-4-6(11)9(8)12/h4-5H,1-3H3. The van der Waals surface area contributed by atoms with E-state index in [0.717, 1.165) is 11.1 Å². The highest BCUT2D eigenvalue weighted by Crippen LogP contribution is 2.24. The molecule has 1 amide bonds. The molecule has 0 radical (unpaired) electrons. The minimum atomic E-state index is -1.26. The molecule has 1 aromatic rings. The summed E-state index contributed by atoms with van der Waals surface area (Å²) in [4.78, 5) is 16.2. The maximum atomic E-state index is 13.4. The second-order valence-corrected chi connectivity index (χ2v) is 2.92. The number of carbonyl (C=O) groups is 1. The van der Waals surface area contributed by atoms with Crippen LogP contribution in [-0.4, -0.2) is 32.2 Å². The molecular formula is C10H11F2NO3. The van der Waals surface area contributed by atoms with E-state index in [0.29, 0.717) is 0 Å². The van der Waals surface area contributed by atoms with Crippen LogP contribution >= 0.6 is 0 Å². The van der Waals surface area contributed by atoms with E-state index in [1.54, 1.807) is 0 Å². The second-order valence-electron chi connectivity index (χ2n) is 2.92. The van der Waals surface area contributed by atoms with Gasteiger partial charge in [0, 0.05) is 7.05 Å². The molecule has 6 heteroatoms. The van der Waals surface area contributed by atoms with Crippen LogP contribution in [-0.2, 0) is 4.84 Å². The first-order chi connectivity index (χ1) is 7.52. The summed E-state index contributed by atoms with van der Waals surface area (Å²) < 4.78 is 31.2. The normalized spacial score (nSPS) is 10.1. The van der Waals surface area contributed by atoms with Crippen LogP contribution in [0.25, 0.3) is 0 Å². The molecule has 0 aliphatic heterocycles. The summed E-state index contributed by atoms with van der Waals surface area (Å²) in [7, 11) is 3.78. The number of hydrogen-bond acceptors (Lipinski definition) is 3. The van der Waals surface area contributed by atoms with E-state index in [9.17, 15) is 13.6 Å². The number of rotatable bonds is 3. The van der Waals surface area contributed by atoms with Crippen LogP contribution in [0.5, 0.6) is 5.75 Å². The van der Waals surface area contributed by atoms with Crippen LogP contribution in [0, 0.1) is 11.6 Å². The Hall–Kier alpha value is -1.69. The van der Waals surface area contributed by atoms with Crippen LogP contribution in [0.15, 0.2) is 12.1 Å². The van der Waals surface area contributed by atoms with Crippen LogP contribution in [0.2, 0.25) is 0 Å². The van der Waals surface area contributed by atoms with Crippen LogP contribution in [0.1, 0.15) is 10.4 Å². The lowest BCUT2D eigenvalue weighted by Crippen LogP contribution is -2.27. The molecule has 1 rings (SSSR count). The fourth-order valence-electron chi connectivity index (χ4n) is 1.14. The van der Waals surface area contributed by atoms with E-state index in [-0.39, 0.29) is 5.75 Å². The molecule has 0 saturated carbocycles. The van der Waals surface area contributed by atoms with Crippen LogP contribution in [0.4, 0.5) is 8.78 Å². The number of hydroxylamine groups is 2. The molecule has 16 heavy (non-hydrogen) atoms. The predicted octanol–water partition coefficient (Wildman–Crippen LogP) is 1.61. The van der Waals surface area contributed by atoms with Crippen LogP contribution in [0.3, 0.4) is 0 Å². The van der Waals surface area contributed by atoms with Gasteiger partial charge in [0.2, 0.25) is 0 Å². The molecule has 88 valence electrons. The van der Waals surface area contributed by atoms with Crippen molar-refractivity contribution in [3.8, 4) is 5.75 Å². The first kappa shape index (κ1) is 12.4. The van der Waals surface area contributed by atoms with Crippen molar-refractivity contribution in [1.29, 1.82) is 0 Å². The Morgan fingerprint density at radius 2 is 1.94 bits per heavy atom. The summed E-state index contributed by atoms with van der Waals surface area (Å²) >= 11 is 0.